The minimum absolute atomic E-state index is 0.0315. The zero-order chi connectivity index (χ0) is 35.6. The standard InChI is InChI=1S/C38H42N6O5S2/c1-24-32(23-51-38-44-43-33(49-38)20-29-22-50-25(2)40-29)48-30(21-39-24)19-18-26-12-10-11-17-31(26)41-36(45)35(42-37(46)47-3)34(27-13-6-4-7-14-27)28-15-8-5-9-16-28/h4-17,22,24,30,32,34-35,39H,18-21,23H2,1-3H3,(H,41,45)(H,42,46). The van der Waals surface area contributed by atoms with Crippen molar-refractivity contribution in [1.29, 1.82) is 0 Å². The largest absolute Gasteiger partial charge is 0.453 e. The Morgan fingerprint density at radius 3 is 2.41 bits per heavy atom. The number of aryl methyl sites for hydroxylation is 2. The van der Waals surface area contributed by atoms with E-state index in [2.05, 4.69) is 38.1 Å². The average molecular weight is 727 g/mol. The monoisotopic (exact) mass is 726 g/mol. The molecule has 0 bridgehead atoms. The van der Waals surface area contributed by atoms with Gasteiger partial charge in [0, 0.05) is 35.3 Å². The zero-order valence-corrected chi connectivity index (χ0v) is 30.4. The van der Waals surface area contributed by atoms with Crippen LogP contribution in [0.1, 0.15) is 52.5 Å². The molecule has 51 heavy (non-hydrogen) atoms. The molecule has 0 aliphatic carbocycles. The molecule has 2 amide bonds. The van der Waals surface area contributed by atoms with Crippen LogP contribution in [0.2, 0.25) is 0 Å². The Hall–Kier alpha value is -4.56. The predicted molar refractivity (Wildman–Crippen MR) is 198 cm³/mol. The summed E-state index contributed by atoms with van der Waals surface area (Å²) in [7, 11) is 1.29. The molecule has 0 spiro atoms. The van der Waals surface area contributed by atoms with E-state index in [9.17, 15) is 9.59 Å². The van der Waals surface area contributed by atoms with Gasteiger partial charge in [-0.3, -0.25) is 4.79 Å². The number of carbonyl (C=O) groups is 2. The quantitative estimate of drug-likeness (QED) is 0.110. The van der Waals surface area contributed by atoms with Gasteiger partial charge >= 0.3 is 6.09 Å². The van der Waals surface area contributed by atoms with Crippen LogP contribution in [-0.4, -0.2) is 70.9 Å². The highest BCUT2D eigenvalue weighted by Gasteiger charge is 2.34. The second-order valence-electron chi connectivity index (χ2n) is 12.4. The van der Waals surface area contributed by atoms with Crippen molar-refractivity contribution in [2.45, 2.75) is 68.5 Å². The number of benzene rings is 3. The molecular weight excluding hydrogens is 685 g/mol. The maximum atomic E-state index is 14.1. The molecule has 3 heterocycles. The topological polar surface area (TPSA) is 140 Å². The van der Waals surface area contributed by atoms with Crippen LogP contribution < -0.4 is 16.0 Å². The number of hydrogen-bond donors (Lipinski definition) is 3. The summed E-state index contributed by atoms with van der Waals surface area (Å²) < 4.78 is 17.4. The Balaban J connectivity index is 1.09. The van der Waals surface area contributed by atoms with Gasteiger partial charge in [-0.15, -0.1) is 21.5 Å². The van der Waals surface area contributed by atoms with Crippen LogP contribution >= 0.6 is 23.1 Å². The lowest BCUT2D eigenvalue weighted by Gasteiger charge is -2.35. The summed E-state index contributed by atoms with van der Waals surface area (Å²) >= 11 is 3.09. The third kappa shape index (κ3) is 9.82. The molecule has 1 saturated heterocycles. The minimum atomic E-state index is -0.952. The molecule has 3 aromatic carbocycles. The molecule has 1 aliphatic rings. The number of thiazole rings is 1. The van der Waals surface area contributed by atoms with E-state index in [1.54, 1.807) is 11.3 Å². The molecule has 0 saturated carbocycles. The molecule has 4 atom stereocenters. The Kier molecular flexibility index (Phi) is 12.5. The number of nitrogens with zero attached hydrogens (tertiary/aromatic N) is 3. The van der Waals surface area contributed by atoms with Crippen molar-refractivity contribution in [3.63, 3.8) is 0 Å². The summed E-state index contributed by atoms with van der Waals surface area (Å²) in [6.45, 7) is 4.81. The van der Waals surface area contributed by atoms with E-state index >= 15 is 0 Å². The van der Waals surface area contributed by atoms with Gasteiger partial charge in [0.1, 0.15) is 6.04 Å². The van der Waals surface area contributed by atoms with Crippen LogP contribution in [0, 0.1) is 6.92 Å². The number of thioether (sulfide) groups is 1. The molecule has 266 valence electrons. The first-order chi connectivity index (χ1) is 24.9. The summed E-state index contributed by atoms with van der Waals surface area (Å²) in [6, 6.07) is 26.3. The minimum Gasteiger partial charge on any atom is -0.453 e. The smallest absolute Gasteiger partial charge is 0.407 e. The first kappa shape index (κ1) is 36.2. The fraction of sp³-hybridized carbons (Fsp3) is 0.342. The second kappa shape index (κ2) is 17.6. The lowest BCUT2D eigenvalue weighted by molar-refractivity contribution is -0.118. The first-order valence-electron chi connectivity index (χ1n) is 16.9. The van der Waals surface area contributed by atoms with Crippen molar-refractivity contribution in [3.05, 3.63) is 124 Å². The first-order valence-corrected chi connectivity index (χ1v) is 18.8. The van der Waals surface area contributed by atoms with Gasteiger partial charge in [0.2, 0.25) is 11.8 Å². The van der Waals surface area contributed by atoms with Gasteiger partial charge in [0.25, 0.3) is 5.22 Å². The molecule has 11 nitrogen and oxygen atoms in total. The summed E-state index contributed by atoms with van der Waals surface area (Å²) in [4.78, 5) is 31.2. The predicted octanol–water partition coefficient (Wildman–Crippen LogP) is 6.39. The maximum absolute atomic E-state index is 14.1. The van der Waals surface area contributed by atoms with Crippen LogP contribution in [-0.2, 0) is 27.1 Å². The number of aromatic nitrogens is 3. The van der Waals surface area contributed by atoms with Crippen molar-refractivity contribution in [3.8, 4) is 0 Å². The molecule has 2 aromatic heterocycles. The fourth-order valence-corrected chi connectivity index (χ4v) is 7.69. The number of ether oxygens (including phenoxy) is 2. The van der Waals surface area contributed by atoms with Crippen LogP contribution in [0.15, 0.2) is 99.9 Å². The van der Waals surface area contributed by atoms with Crippen molar-refractivity contribution in [2.24, 2.45) is 0 Å². The molecule has 13 heteroatoms. The molecule has 3 N–H and O–H groups in total. The fourth-order valence-electron chi connectivity index (χ4n) is 6.15. The van der Waals surface area contributed by atoms with E-state index in [1.807, 2.05) is 97.2 Å². The number of alkyl carbamates (subject to hydrolysis) is 1. The number of morpholine rings is 1. The van der Waals surface area contributed by atoms with Crippen molar-refractivity contribution < 1.29 is 23.5 Å². The summed E-state index contributed by atoms with van der Waals surface area (Å²) in [6.07, 6.45) is 1.16. The van der Waals surface area contributed by atoms with E-state index in [-0.39, 0.29) is 24.2 Å². The highest BCUT2D eigenvalue weighted by molar-refractivity contribution is 7.99. The van der Waals surface area contributed by atoms with Gasteiger partial charge in [0.15, 0.2) is 0 Å². The zero-order valence-electron chi connectivity index (χ0n) is 28.8. The number of nitrogens with one attached hydrogen (secondary N) is 3. The van der Waals surface area contributed by atoms with E-state index < -0.39 is 18.1 Å². The molecule has 1 aliphatic heterocycles. The number of rotatable bonds is 14. The number of methoxy groups -OCH3 is 1. The van der Waals surface area contributed by atoms with E-state index in [0.29, 0.717) is 35.4 Å². The van der Waals surface area contributed by atoms with Gasteiger partial charge in [-0.25, -0.2) is 9.78 Å². The Morgan fingerprint density at radius 1 is 1.02 bits per heavy atom. The van der Waals surface area contributed by atoms with E-state index in [1.165, 1.54) is 18.9 Å². The van der Waals surface area contributed by atoms with Crippen molar-refractivity contribution >= 4 is 40.8 Å². The molecular formula is C38H42N6O5S2. The summed E-state index contributed by atoms with van der Waals surface area (Å²) in [5, 5.41) is 21.5. The SMILES string of the molecule is COC(=O)NC(C(=O)Nc1ccccc1CCC1CNC(C)C(CSc2nnc(Cc3csc(C)n3)o2)O1)C(c1ccccc1)c1ccccc1. The van der Waals surface area contributed by atoms with Crippen molar-refractivity contribution in [2.75, 3.05) is 24.7 Å². The lowest BCUT2D eigenvalue weighted by atomic mass is 9.84. The number of para-hydroxylation sites is 1. The normalized spacial score (nSPS) is 17.9. The average Bonchev–Trinajstić information content (AvgIpc) is 3.79. The third-order valence-electron chi connectivity index (χ3n) is 8.81. The number of hydrogen-bond acceptors (Lipinski definition) is 11. The van der Waals surface area contributed by atoms with Gasteiger partial charge in [-0.2, -0.15) is 0 Å². The van der Waals surface area contributed by atoms with Gasteiger partial charge < -0.3 is 29.8 Å². The molecule has 6 rings (SSSR count). The van der Waals surface area contributed by atoms with E-state index in [0.717, 1.165) is 40.4 Å². The van der Waals surface area contributed by atoms with Crippen LogP contribution in [0.3, 0.4) is 0 Å². The highest BCUT2D eigenvalue weighted by Crippen LogP contribution is 2.30. The molecule has 0 radical (unpaired) electrons. The molecule has 5 aromatic rings. The molecule has 1 fully saturated rings. The van der Waals surface area contributed by atoms with Gasteiger partial charge in [0.05, 0.1) is 36.4 Å². The van der Waals surface area contributed by atoms with Gasteiger partial charge in [-0.05, 0) is 49.4 Å². The summed E-state index contributed by atoms with van der Waals surface area (Å²) in [5.74, 6) is 0.397. The summed E-state index contributed by atoms with van der Waals surface area (Å²) in [5.41, 5.74) is 4.37. The van der Waals surface area contributed by atoms with Crippen LogP contribution in [0.25, 0.3) is 0 Å². The number of amides is 2. The maximum Gasteiger partial charge on any atom is 0.407 e. The Morgan fingerprint density at radius 2 is 1.73 bits per heavy atom. The second-order valence-corrected chi connectivity index (χ2v) is 14.4. The third-order valence-corrected chi connectivity index (χ3v) is 10.5. The highest BCUT2D eigenvalue weighted by atomic mass is 32.2. The van der Waals surface area contributed by atoms with Crippen molar-refractivity contribution in [1.82, 2.24) is 25.8 Å². The van der Waals surface area contributed by atoms with Crippen LogP contribution in [0.5, 0.6) is 0 Å². The van der Waals surface area contributed by atoms with Gasteiger partial charge in [-0.1, -0.05) is 90.6 Å². The number of anilines is 1. The Labute approximate surface area is 306 Å². The Bertz CT molecular complexity index is 1830. The van der Waals surface area contributed by atoms with E-state index in [4.69, 9.17) is 13.9 Å². The lowest BCUT2D eigenvalue weighted by Crippen LogP contribution is -2.52. The molecule has 4 unspecified atom stereocenters. The van der Waals surface area contributed by atoms with Crippen LogP contribution in [0.4, 0.5) is 10.5 Å². The number of carbonyl (C=O) groups excluding carboxylic acids is 2.